The number of carbonyl (C=O) groups excluding carboxylic acids is 1. The molecule has 0 saturated carbocycles. The van der Waals surface area contributed by atoms with E-state index in [0.717, 1.165) is 0 Å². The van der Waals surface area contributed by atoms with Crippen LogP contribution in [0.5, 0.6) is 5.75 Å². The van der Waals surface area contributed by atoms with Crippen molar-refractivity contribution in [1.29, 1.82) is 0 Å². The van der Waals surface area contributed by atoms with Crippen LogP contribution in [0.25, 0.3) is 0 Å². The standard InChI is InChI=1S/C12H15NO4/c1-3-13-10(14)7-17-11-8(2)5-4-6-9(11)12(15)16/h4-6H,3,7H2,1-2H3,(H,13,14)(H,15,16). The Morgan fingerprint density at radius 2 is 2.12 bits per heavy atom. The lowest BCUT2D eigenvalue weighted by molar-refractivity contribution is -0.123. The molecule has 1 aromatic rings. The molecular formula is C12H15NO4. The van der Waals surface area contributed by atoms with Crippen LogP contribution in [0.4, 0.5) is 0 Å². The van der Waals surface area contributed by atoms with Crippen molar-refractivity contribution in [3.63, 3.8) is 0 Å². The summed E-state index contributed by atoms with van der Waals surface area (Å²) >= 11 is 0. The third-order valence-corrected chi connectivity index (χ3v) is 2.16. The van der Waals surface area contributed by atoms with E-state index in [9.17, 15) is 9.59 Å². The molecule has 0 fully saturated rings. The summed E-state index contributed by atoms with van der Waals surface area (Å²) in [5, 5.41) is 11.6. The Balaban J connectivity index is 2.82. The summed E-state index contributed by atoms with van der Waals surface area (Å²) in [4.78, 5) is 22.2. The van der Waals surface area contributed by atoms with Crippen LogP contribution in [-0.2, 0) is 4.79 Å². The van der Waals surface area contributed by atoms with Gasteiger partial charge in [0, 0.05) is 6.54 Å². The van der Waals surface area contributed by atoms with Crippen LogP contribution in [0.3, 0.4) is 0 Å². The molecule has 0 aliphatic carbocycles. The first-order chi connectivity index (χ1) is 8.06. The number of hydrogen-bond donors (Lipinski definition) is 2. The molecule has 0 spiro atoms. The summed E-state index contributed by atoms with van der Waals surface area (Å²) in [5.74, 6) is -1.10. The van der Waals surface area contributed by atoms with E-state index < -0.39 is 5.97 Å². The van der Waals surface area contributed by atoms with Crippen molar-refractivity contribution in [3.8, 4) is 5.75 Å². The number of carboxylic acids is 1. The fraction of sp³-hybridized carbons (Fsp3) is 0.333. The third kappa shape index (κ3) is 3.48. The van der Waals surface area contributed by atoms with Gasteiger partial charge in [0.15, 0.2) is 6.61 Å². The van der Waals surface area contributed by atoms with Gasteiger partial charge in [0.25, 0.3) is 5.91 Å². The van der Waals surface area contributed by atoms with Crippen molar-refractivity contribution < 1.29 is 19.4 Å². The van der Waals surface area contributed by atoms with Crippen molar-refractivity contribution in [2.75, 3.05) is 13.2 Å². The molecule has 0 heterocycles. The Hall–Kier alpha value is -2.04. The Labute approximate surface area is 99.4 Å². The van der Waals surface area contributed by atoms with E-state index in [4.69, 9.17) is 9.84 Å². The number of aromatic carboxylic acids is 1. The molecule has 0 aliphatic rings. The van der Waals surface area contributed by atoms with E-state index in [1.807, 2.05) is 0 Å². The van der Waals surface area contributed by atoms with E-state index in [0.29, 0.717) is 12.1 Å². The number of likely N-dealkylation sites (N-methyl/N-ethyl adjacent to an activating group) is 1. The molecule has 2 N–H and O–H groups in total. The zero-order chi connectivity index (χ0) is 12.8. The van der Waals surface area contributed by atoms with Gasteiger partial charge in [-0.15, -0.1) is 0 Å². The average molecular weight is 237 g/mol. The molecule has 0 atom stereocenters. The van der Waals surface area contributed by atoms with Gasteiger partial charge < -0.3 is 15.2 Å². The maximum Gasteiger partial charge on any atom is 0.339 e. The number of ether oxygens (including phenoxy) is 1. The maximum atomic E-state index is 11.2. The highest BCUT2D eigenvalue weighted by molar-refractivity contribution is 5.91. The van der Waals surface area contributed by atoms with Crippen LogP contribution in [-0.4, -0.2) is 30.1 Å². The van der Waals surface area contributed by atoms with E-state index in [1.165, 1.54) is 6.07 Å². The second-order valence-electron chi connectivity index (χ2n) is 3.50. The lowest BCUT2D eigenvalue weighted by Crippen LogP contribution is -2.28. The molecule has 5 heteroatoms. The first-order valence-electron chi connectivity index (χ1n) is 5.28. The van der Waals surface area contributed by atoms with E-state index in [1.54, 1.807) is 26.0 Å². The molecule has 92 valence electrons. The van der Waals surface area contributed by atoms with Crippen LogP contribution in [0.2, 0.25) is 0 Å². The topological polar surface area (TPSA) is 75.6 Å². The van der Waals surface area contributed by atoms with Gasteiger partial charge >= 0.3 is 5.97 Å². The highest BCUT2D eigenvalue weighted by atomic mass is 16.5. The van der Waals surface area contributed by atoms with Crippen LogP contribution in [0.1, 0.15) is 22.8 Å². The molecule has 0 aliphatic heterocycles. The van der Waals surface area contributed by atoms with Gasteiger partial charge in [-0.2, -0.15) is 0 Å². The zero-order valence-electron chi connectivity index (χ0n) is 9.82. The van der Waals surface area contributed by atoms with Gasteiger partial charge in [0.1, 0.15) is 11.3 Å². The van der Waals surface area contributed by atoms with Crippen molar-refractivity contribution in [2.24, 2.45) is 0 Å². The largest absolute Gasteiger partial charge is 0.483 e. The molecular weight excluding hydrogens is 222 g/mol. The van der Waals surface area contributed by atoms with Crippen LogP contribution >= 0.6 is 0 Å². The Morgan fingerprint density at radius 1 is 1.41 bits per heavy atom. The van der Waals surface area contributed by atoms with Crippen molar-refractivity contribution >= 4 is 11.9 Å². The number of rotatable bonds is 5. The molecule has 5 nitrogen and oxygen atoms in total. The summed E-state index contributed by atoms with van der Waals surface area (Å²) in [7, 11) is 0. The Kier molecular flexibility index (Phi) is 4.51. The molecule has 17 heavy (non-hydrogen) atoms. The second kappa shape index (κ2) is 5.89. The Bertz CT molecular complexity index is 429. The monoisotopic (exact) mass is 237 g/mol. The van der Waals surface area contributed by atoms with E-state index in [2.05, 4.69) is 5.32 Å². The highest BCUT2D eigenvalue weighted by Crippen LogP contribution is 2.23. The lowest BCUT2D eigenvalue weighted by atomic mass is 10.1. The van der Waals surface area contributed by atoms with E-state index >= 15 is 0 Å². The first-order valence-corrected chi connectivity index (χ1v) is 5.28. The number of carbonyl (C=O) groups is 2. The van der Waals surface area contributed by atoms with Crippen LogP contribution < -0.4 is 10.1 Å². The van der Waals surface area contributed by atoms with Gasteiger partial charge in [-0.05, 0) is 25.5 Å². The van der Waals surface area contributed by atoms with Gasteiger partial charge in [0.2, 0.25) is 0 Å². The van der Waals surface area contributed by atoms with Crippen molar-refractivity contribution in [1.82, 2.24) is 5.32 Å². The SMILES string of the molecule is CCNC(=O)COc1c(C)cccc1C(=O)O. The lowest BCUT2D eigenvalue weighted by Gasteiger charge is -2.11. The van der Waals surface area contributed by atoms with Gasteiger partial charge in [0.05, 0.1) is 0 Å². The highest BCUT2D eigenvalue weighted by Gasteiger charge is 2.14. The number of para-hydroxylation sites is 1. The van der Waals surface area contributed by atoms with Crippen LogP contribution in [0.15, 0.2) is 18.2 Å². The number of nitrogens with one attached hydrogen (secondary N) is 1. The average Bonchev–Trinajstić information content (AvgIpc) is 2.27. The minimum Gasteiger partial charge on any atom is -0.483 e. The summed E-state index contributed by atoms with van der Waals surface area (Å²) in [6.07, 6.45) is 0. The number of hydrogen-bond acceptors (Lipinski definition) is 3. The summed E-state index contributed by atoms with van der Waals surface area (Å²) in [6, 6.07) is 4.82. The number of aryl methyl sites for hydroxylation is 1. The molecule has 0 unspecified atom stereocenters. The van der Waals surface area contributed by atoms with Gasteiger partial charge in [-0.25, -0.2) is 4.79 Å². The summed E-state index contributed by atoms with van der Waals surface area (Å²) in [5.41, 5.74) is 0.753. The fourth-order valence-electron chi connectivity index (χ4n) is 1.40. The minimum absolute atomic E-state index is 0.0642. The number of amides is 1. The van der Waals surface area contributed by atoms with Crippen molar-refractivity contribution in [2.45, 2.75) is 13.8 Å². The predicted molar refractivity (Wildman–Crippen MR) is 62.3 cm³/mol. The Morgan fingerprint density at radius 3 is 2.71 bits per heavy atom. The summed E-state index contributed by atoms with van der Waals surface area (Å²) in [6.45, 7) is 3.87. The molecule has 0 radical (unpaired) electrons. The number of benzene rings is 1. The summed E-state index contributed by atoms with van der Waals surface area (Å²) < 4.78 is 5.25. The molecule has 0 saturated heterocycles. The molecule has 1 rings (SSSR count). The van der Waals surface area contributed by atoms with Crippen molar-refractivity contribution in [3.05, 3.63) is 29.3 Å². The molecule has 1 aromatic carbocycles. The second-order valence-corrected chi connectivity index (χ2v) is 3.50. The van der Waals surface area contributed by atoms with E-state index in [-0.39, 0.29) is 23.8 Å². The smallest absolute Gasteiger partial charge is 0.339 e. The maximum absolute atomic E-state index is 11.2. The zero-order valence-corrected chi connectivity index (χ0v) is 9.82. The third-order valence-electron chi connectivity index (χ3n) is 2.16. The first kappa shape index (κ1) is 13.0. The normalized spacial score (nSPS) is 9.76. The predicted octanol–water partition coefficient (Wildman–Crippen LogP) is 1.21. The molecule has 0 aromatic heterocycles. The van der Waals surface area contributed by atoms with Gasteiger partial charge in [-0.3, -0.25) is 4.79 Å². The molecule has 0 bridgehead atoms. The van der Waals surface area contributed by atoms with Crippen LogP contribution in [0, 0.1) is 6.92 Å². The fourth-order valence-corrected chi connectivity index (χ4v) is 1.40. The minimum atomic E-state index is -1.07. The quantitative estimate of drug-likeness (QED) is 0.807. The number of carboxylic acid groups (broad SMARTS) is 1. The molecule has 1 amide bonds. The van der Waals surface area contributed by atoms with Gasteiger partial charge in [-0.1, -0.05) is 12.1 Å².